The Balaban J connectivity index is 1.70. The molecule has 5 nitrogen and oxygen atoms in total. The summed E-state index contributed by atoms with van der Waals surface area (Å²) in [5.74, 6) is 0. The summed E-state index contributed by atoms with van der Waals surface area (Å²) in [5.41, 5.74) is -0.0926. The first kappa shape index (κ1) is 17.0. The number of aliphatic hydroxyl groups is 1. The molecular weight excluding hydrogens is 290 g/mol. The molecule has 2 rings (SSSR count). The second kappa shape index (κ2) is 8.32. The number of nitrogens with zero attached hydrogens (tertiary/aromatic N) is 2. The molecule has 0 aromatic rings. The number of aliphatic hydroxyl groups excluding tert-OH is 1. The van der Waals surface area contributed by atoms with E-state index in [2.05, 4.69) is 22.3 Å². The third-order valence-electron chi connectivity index (χ3n) is 4.53. The van der Waals surface area contributed by atoms with Gasteiger partial charge in [0, 0.05) is 12.0 Å². The molecule has 1 atom stereocenters. The zero-order valence-electron chi connectivity index (χ0n) is 13.0. The second-order valence-corrected chi connectivity index (χ2v) is 6.86. The van der Waals surface area contributed by atoms with E-state index in [0.29, 0.717) is 11.7 Å². The van der Waals surface area contributed by atoms with Crippen LogP contribution in [0.2, 0.25) is 0 Å². The van der Waals surface area contributed by atoms with Gasteiger partial charge in [-0.3, -0.25) is 0 Å². The molecule has 0 aromatic carbocycles. The van der Waals surface area contributed by atoms with E-state index < -0.39 is 6.10 Å². The van der Waals surface area contributed by atoms with Crippen molar-refractivity contribution in [2.75, 3.05) is 39.3 Å². The molecule has 6 heteroatoms. The topological polar surface area (TPSA) is 57.1 Å². The van der Waals surface area contributed by atoms with Gasteiger partial charge in [-0.1, -0.05) is 30.1 Å². The van der Waals surface area contributed by atoms with Crippen molar-refractivity contribution in [2.24, 2.45) is 10.6 Å². The van der Waals surface area contributed by atoms with Gasteiger partial charge in [0.2, 0.25) is 0 Å². The van der Waals surface area contributed by atoms with Gasteiger partial charge in [0.05, 0.1) is 0 Å². The van der Waals surface area contributed by atoms with E-state index in [4.69, 9.17) is 16.4 Å². The van der Waals surface area contributed by atoms with Crippen molar-refractivity contribution >= 4 is 16.8 Å². The number of rotatable bonds is 6. The van der Waals surface area contributed by atoms with Crippen molar-refractivity contribution in [3.05, 3.63) is 0 Å². The Hall–Kier alpha value is -0.360. The molecule has 0 aliphatic carbocycles. The highest BCUT2D eigenvalue weighted by Crippen LogP contribution is 2.31. The van der Waals surface area contributed by atoms with Crippen molar-refractivity contribution in [1.29, 1.82) is 0 Å². The van der Waals surface area contributed by atoms with Crippen LogP contribution in [0, 0.1) is 5.41 Å². The number of nitrogens with one attached hydrogen (secondary N) is 1. The Kier molecular flexibility index (Phi) is 6.74. The first-order valence-electron chi connectivity index (χ1n) is 8.07. The predicted molar refractivity (Wildman–Crippen MR) is 85.7 cm³/mol. The summed E-state index contributed by atoms with van der Waals surface area (Å²) in [6.07, 6.45) is 5.19. The van der Waals surface area contributed by atoms with Crippen LogP contribution in [0.25, 0.3) is 0 Å². The van der Waals surface area contributed by atoms with Crippen LogP contribution in [-0.4, -0.2) is 60.6 Å². The van der Waals surface area contributed by atoms with E-state index in [1.54, 1.807) is 0 Å². The lowest BCUT2D eigenvalue weighted by Gasteiger charge is -2.32. The highest BCUT2D eigenvalue weighted by atomic mass is 35.5. The van der Waals surface area contributed by atoms with E-state index in [1.807, 2.05) is 0 Å². The summed E-state index contributed by atoms with van der Waals surface area (Å²) in [6.45, 7) is 7.06. The minimum Gasteiger partial charge on any atom is -0.392 e. The summed E-state index contributed by atoms with van der Waals surface area (Å²) in [7, 11) is 0. The Morgan fingerprint density at radius 3 is 2.67 bits per heavy atom. The van der Waals surface area contributed by atoms with Gasteiger partial charge >= 0.3 is 0 Å². The van der Waals surface area contributed by atoms with Crippen molar-refractivity contribution in [1.82, 2.24) is 10.2 Å². The largest absolute Gasteiger partial charge is 0.392 e. The standard InChI is InChI=1S/C15H28ClN3O2/c1-15(5-7-17-8-6-15)14(16)18-21-12-13(20)11-19-9-3-2-4-10-19/h13,17,20H,2-12H2,1H3/b18-14-. The molecule has 0 aromatic heterocycles. The summed E-state index contributed by atoms with van der Waals surface area (Å²) >= 11 is 6.28. The van der Waals surface area contributed by atoms with Gasteiger partial charge < -0.3 is 20.2 Å². The second-order valence-electron chi connectivity index (χ2n) is 6.50. The zero-order valence-corrected chi connectivity index (χ0v) is 13.7. The highest BCUT2D eigenvalue weighted by Gasteiger charge is 2.32. The average molecular weight is 318 g/mol. The normalized spacial score (nSPS) is 25.6. The van der Waals surface area contributed by atoms with Gasteiger partial charge in [-0.25, -0.2) is 0 Å². The summed E-state index contributed by atoms with van der Waals surface area (Å²) in [4.78, 5) is 7.56. The molecule has 0 spiro atoms. The number of piperidine rings is 2. The molecule has 0 radical (unpaired) electrons. The fourth-order valence-electron chi connectivity index (χ4n) is 2.97. The van der Waals surface area contributed by atoms with Crippen LogP contribution in [0.3, 0.4) is 0 Å². The van der Waals surface area contributed by atoms with Crippen LogP contribution in [0.4, 0.5) is 0 Å². The van der Waals surface area contributed by atoms with E-state index in [-0.39, 0.29) is 12.0 Å². The molecule has 0 saturated carbocycles. The fourth-order valence-corrected chi connectivity index (χ4v) is 3.21. The van der Waals surface area contributed by atoms with Crippen LogP contribution < -0.4 is 5.32 Å². The SMILES string of the molecule is CC1(/C(Cl)=N/OCC(O)CN2CCCCC2)CCNCC1. The van der Waals surface area contributed by atoms with Crippen LogP contribution in [-0.2, 0) is 4.84 Å². The Morgan fingerprint density at radius 2 is 2.00 bits per heavy atom. The van der Waals surface area contributed by atoms with Gasteiger partial charge in [-0.15, -0.1) is 0 Å². The van der Waals surface area contributed by atoms with Crippen molar-refractivity contribution in [2.45, 2.75) is 45.1 Å². The number of hydrogen-bond acceptors (Lipinski definition) is 5. The maximum absolute atomic E-state index is 10.00. The Morgan fingerprint density at radius 1 is 1.33 bits per heavy atom. The van der Waals surface area contributed by atoms with Crippen LogP contribution in [0.1, 0.15) is 39.0 Å². The van der Waals surface area contributed by atoms with E-state index in [0.717, 1.165) is 39.0 Å². The Bertz CT molecular complexity index is 340. The molecular formula is C15H28ClN3O2. The van der Waals surface area contributed by atoms with E-state index in [1.165, 1.54) is 19.3 Å². The molecule has 2 aliphatic heterocycles. The van der Waals surface area contributed by atoms with Gasteiger partial charge in [0.1, 0.15) is 12.7 Å². The third-order valence-corrected chi connectivity index (χ3v) is 5.06. The molecule has 21 heavy (non-hydrogen) atoms. The predicted octanol–water partition coefficient (Wildman–Crippen LogP) is 1.79. The lowest BCUT2D eigenvalue weighted by Crippen LogP contribution is -2.39. The monoisotopic (exact) mass is 317 g/mol. The molecule has 2 N–H and O–H groups in total. The number of β-amino-alcohol motifs (C(OH)–C–C–N with tert-alkyl or cyclic N) is 1. The number of hydrogen-bond donors (Lipinski definition) is 2. The maximum atomic E-state index is 10.00. The lowest BCUT2D eigenvalue weighted by molar-refractivity contribution is 0.0151. The minimum absolute atomic E-state index is 0.0926. The molecule has 2 heterocycles. The highest BCUT2D eigenvalue weighted by molar-refractivity contribution is 6.66. The number of likely N-dealkylation sites (tertiary alicyclic amines) is 1. The quantitative estimate of drug-likeness (QED) is 0.579. The van der Waals surface area contributed by atoms with Crippen molar-refractivity contribution < 1.29 is 9.94 Å². The number of oxime groups is 1. The van der Waals surface area contributed by atoms with Crippen molar-refractivity contribution in [3.63, 3.8) is 0 Å². The molecule has 2 fully saturated rings. The fraction of sp³-hybridized carbons (Fsp3) is 0.933. The lowest BCUT2D eigenvalue weighted by atomic mass is 9.82. The third kappa shape index (κ3) is 5.40. The van der Waals surface area contributed by atoms with Gasteiger partial charge in [-0.2, -0.15) is 0 Å². The molecule has 0 bridgehead atoms. The summed E-state index contributed by atoms with van der Waals surface area (Å²) in [5, 5.41) is 17.9. The van der Waals surface area contributed by atoms with Crippen molar-refractivity contribution in [3.8, 4) is 0 Å². The zero-order chi connectivity index (χ0) is 15.1. The molecule has 1 unspecified atom stereocenters. The summed E-state index contributed by atoms with van der Waals surface area (Å²) < 4.78 is 0. The maximum Gasteiger partial charge on any atom is 0.151 e. The van der Waals surface area contributed by atoms with E-state index >= 15 is 0 Å². The first-order valence-corrected chi connectivity index (χ1v) is 8.45. The van der Waals surface area contributed by atoms with E-state index in [9.17, 15) is 5.11 Å². The van der Waals surface area contributed by atoms with Gasteiger partial charge in [-0.05, 0) is 51.9 Å². The van der Waals surface area contributed by atoms with Crippen LogP contribution in [0.5, 0.6) is 0 Å². The first-order chi connectivity index (χ1) is 10.1. The number of halogens is 1. The average Bonchev–Trinajstić information content (AvgIpc) is 2.49. The minimum atomic E-state index is -0.503. The van der Waals surface area contributed by atoms with Crippen LogP contribution >= 0.6 is 11.6 Å². The molecule has 0 amide bonds. The molecule has 2 saturated heterocycles. The summed E-state index contributed by atoms with van der Waals surface area (Å²) in [6, 6.07) is 0. The van der Waals surface area contributed by atoms with Crippen LogP contribution in [0.15, 0.2) is 5.16 Å². The molecule has 122 valence electrons. The smallest absolute Gasteiger partial charge is 0.151 e. The van der Waals surface area contributed by atoms with Gasteiger partial charge in [0.15, 0.2) is 5.17 Å². The van der Waals surface area contributed by atoms with Gasteiger partial charge in [0.25, 0.3) is 0 Å². The Labute approximate surface area is 132 Å². The molecule has 2 aliphatic rings.